The quantitative estimate of drug-likeness (QED) is 0.814. The number of para-hydroxylation sites is 1. The fourth-order valence-electron chi connectivity index (χ4n) is 1.56. The van der Waals surface area contributed by atoms with E-state index in [1.165, 1.54) is 0 Å². The Bertz CT molecular complexity index is 478. The molecular weight excluding hydrogens is 280 g/mol. The van der Waals surface area contributed by atoms with E-state index in [9.17, 15) is 0 Å². The number of hydrogen-bond donors (Lipinski definition) is 0. The second kappa shape index (κ2) is 4.96. The molecule has 0 amide bonds. The molecule has 0 aliphatic heterocycles. The molecule has 0 saturated carbocycles. The summed E-state index contributed by atoms with van der Waals surface area (Å²) in [6.07, 6.45) is 0.833. The molecule has 0 spiro atoms. The van der Waals surface area contributed by atoms with Gasteiger partial charge in [0.2, 0.25) is 0 Å². The van der Waals surface area contributed by atoms with Crippen LogP contribution in [0.3, 0.4) is 0 Å². The second-order valence-corrected chi connectivity index (χ2v) is 5.38. The summed E-state index contributed by atoms with van der Waals surface area (Å²) in [5.41, 5.74) is 1.14. The fraction of sp³-hybridized carbons (Fsp3) is 0.417. The van der Waals surface area contributed by atoms with E-state index in [1.807, 2.05) is 30.3 Å². The minimum absolute atomic E-state index is 0.140. The summed E-state index contributed by atoms with van der Waals surface area (Å²) in [6.45, 7) is 4.37. The van der Waals surface area contributed by atoms with Gasteiger partial charge in [-0.15, -0.1) is 5.10 Å². The van der Waals surface area contributed by atoms with Crippen LogP contribution in [0.4, 0.5) is 0 Å². The molecule has 2 rings (SSSR count). The number of halogens is 1. The number of rotatable bonds is 4. The Labute approximate surface area is 109 Å². The molecule has 2 aromatic rings. The van der Waals surface area contributed by atoms with Gasteiger partial charge in [0.05, 0.1) is 5.69 Å². The molecule has 1 aromatic heterocycles. The molecule has 0 unspecified atom stereocenters. The predicted molar refractivity (Wildman–Crippen MR) is 70.4 cm³/mol. The summed E-state index contributed by atoms with van der Waals surface area (Å²) in [6, 6.07) is 9.95. The molecule has 0 bridgehead atoms. The van der Waals surface area contributed by atoms with Crippen molar-refractivity contribution in [2.75, 3.05) is 5.33 Å². The van der Waals surface area contributed by atoms with Crippen molar-refractivity contribution in [1.29, 1.82) is 0 Å². The number of nitrogens with zero attached hydrogens (tertiary/aromatic N) is 4. The molecule has 0 saturated heterocycles. The highest BCUT2D eigenvalue weighted by Crippen LogP contribution is 2.23. The Morgan fingerprint density at radius 2 is 1.94 bits per heavy atom. The molecular formula is C12H15BrN4. The van der Waals surface area contributed by atoms with E-state index >= 15 is 0 Å². The van der Waals surface area contributed by atoms with Gasteiger partial charge >= 0.3 is 0 Å². The lowest BCUT2D eigenvalue weighted by atomic mass is 9.92. The molecule has 4 nitrogen and oxygen atoms in total. The van der Waals surface area contributed by atoms with Crippen LogP contribution in [-0.4, -0.2) is 25.5 Å². The van der Waals surface area contributed by atoms with E-state index < -0.39 is 0 Å². The van der Waals surface area contributed by atoms with Gasteiger partial charge in [-0.3, -0.25) is 0 Å². The third-order valence-electron chi connectivity index (χ3n) is 2.53. The third-order valence-corrected chi connectivity index (χ3v) is 4.05. The summed E-state index contributed by atoms with van der Waals surface area (Å²) in [7, 11) is 0. The summed E-state index contributed by atoms with van der Waals surface area (Å²) in [4.78, 5) is 0. The Hall–Kier alpha value is -1.23. The smallest absolute Gasteiger partial charge is 0.157 e. The van der Waals surface area contributed by atoms with Crippen molar-refractivity contribution >= 4 is 15.9 Å². The zero-order valence-corrected chi connectivity index (χ0v) is 11.6. The Balaban J connectivity index is 2.30. The van der Waals surface area contributed by atoms with Crippen LogP contribution in [0.5, 0.6) is 0 Å². The van der Waals surface area contributed by atoms with E-state index in [2.05, 4.69) is 45.3 Å². The number of tetrazole rings is 1. The first-order valence-corrected chi connectivity index (χ1v) is 6.63. The van der Waals surface area contributed by atoms with Gasteiger partial charge < -0.3 is 0 Å². The van der Waals surface area contributed by atoms with Crippen molar-refractivity contribution in [3.05, 3.63) is 36.2 Å². The zero-order chi connectivity index (χ0) is 12.3. The van der Waals surface area contributed by atoms with E-state index in [1.54, 1.807) is 4.68 Å². The summed E-state index contributed by atoms with van der Waals surface area (Å²) < 4.78 is 1.80. The monoisotopic (exact) mass is 294 g/mol. The standard InChI is InChI=1S/C12H15BrN4/c1-12(2,9-13)8-11-14-15-16-17(11)10-6-4-3-5-7-10/h3-7H,8-9H2,1-2H3. The summed E-state index contributed by atoms with van der Waals surface area (Å²) >= 11 is 3.52. The molecule has 0 radical (unpaired) electrons. The average molecular weight is 295 g/mol. The van der Waals surface area contributed by atoms with Gasteiger partial charge in [0.15, 0.2) is 5.82 Å². The maximum Gasteiger partial charge on any atom is 0.157 e. The maximum absolute atomic E-state index is 4.11. The van der Waals surface area contributed by atoms with Crippen molar-refractivity contribution in [3.63, 3.8) is 0 Å². The maximum atomic E-state index is 4.11. The van der Waals surface area contributed by atoms with Crippen molar-refractivity contribution in [2.24, 2.45) is 5.41 Å². The van der Waals surface area contributed by atoms with Crippen LogP contribution in [0, 0.1) is 5.41 Å². The van der Waals surface area contributed by atoms with Gasteiger partial charge in [-0.25, -0.2) is 0 Å². The highest BCUT2D eigenvalue weighted by Gasteiger charge is 2.21. The number of benzene rings is 1. The van der Waals surface area contributed by atoms with Gasteiger partial charge in [-0.2, -0.15) is 4.68 Å². The first-order valence-electron chi connectivity index (χ1n) is 5.51. The van der Waals surface area contributed by atoms with Crippen LogP contribution in [-0.2, 0) is 6.42 Å². The van der Waals surface area contributed by atoms with Gasteiger partial charge in [-0.1, -0.05) is 48.0 Å². The average Bonchev–Trinajstić information content (AvgIpc) is 2.77. The highest BCUT2D eigenvalue weighted by atomic mass is 79.9. The van der Waals surface area contributed by atoms with Crippen molar-refractivity contribution in [1.82, 2.24) is 20.2 Å². The van der Waals surface area contributed by atoms with E-state index in [0.29, 0.717) is 0 Å². The molecule has 5 heteroatoms. The minimum atomic E-state index is 0.140. The molecule has 0 aliphatic carbocycles. The Kier molecular flexibility index (Phi) is 3.57. The minimum Gasteiger partial charge on any atom is -0.197 e. The lowest BCUT2D eigenvalue weighted by Gasteiger charge is -2.20. The van der Waals surface area contributed by atoms with Crippen LogP contribution >= 0.6 is 15.9 Å². The predicted octanol–water partition coefficient (Wildman–Crippen LogP) is 2.63. The molecule has 0 atom stereocenters. The van der Waals surface area contributed by atoms with E-state index in [0.717, 1.165) is 23.3 Å². The van der Waals surface area contributed by atoms with Crippen LogP contribution in [0.25, 0.3) is 5.69 Å². The van der Waals surface area contributed by atoms with Crippen molar-refractivity contribution in [2.45, 2.75) is 20.3 Å². The van der Waals surface area contributed by atoms with Crippen LogP contribution in [0.2, 0.25) is 0 Å². The number of hydrogen-bond acceptors (Lipinski definition) is 3. The Morgan fingerprint density at radius 1 is 1.24 bits per heavy atom. The molecule has 1 aromatic carbocycles. The number of alkyl halides is 1. The third kappa shape index (κ3) is 2.91. The molecule has 0 fully saturated rings. The zero-order valence-electron chi connectivity index (χ0n) is 9.97. The molecule has 90 valence electrons. The Morgan fingerprint density at radius 3 is 2.59 bits per heavy atom. The summed E-state index contributed by atoms with van der Waals surface area (Å²) in [5, 5.41) is 12.8. The molecule has 0 N–H and O–H groups in total. The van der Waals surface area contributed by atoms with Gasteiger partial charge in [0.1, 0.15) is 0 Å². The van der Waals surface area contributed by atoms with Crippen LogP contribution < -0.4 is 0 Å². The van der Waals surface area contributed by atoms with E-state index in [4.69, 9.17) is 0 Å². The normalized spacial score (nSPS) is 11.7. The largest absolute Gasteiger partial charge is 0.197 e. The summed E-state index contributed by atoms with van der Waals surface area (Å²) in [5.74, 6) is 0.889. The van der Waals surface area contributed by atoms with E-state index in [-0.39, 0.29) is 5.41 Å². The van der Waals surface area contributed by atoms with Crippen molar-refractivity contribution < 1.29 is 0 Å². The van der Waals surface area contributed by atoms with Gasteiger partial charge in [-0.05, 0) is 28.0 Å². The topological polar surface area (TPSA) is 43.6 Å². The van der Waals surface area contributed by atoms with Crippen molar-refractivity contribution in [3.8, 4) is 5.69 Å². The lowest BCUT2D eigenvalue weighted by Crippen LogP contribution is -2.19. The number of aromatic nitrogens is 4. The lowest BCUT2D eigenvalue weighted by molar-refractivity contribution is 0.409. The molecule has 17 heavy (non-hydrogen) atoms. The SMILES string of the molecule is CC(C)(CBr)Cc1nnnn1-c1ccccc1. The highest BCUT2D eigenvalue weighted by molar-refractivity contribution is 9.09. The molecule has 1 heterocycles. The van der Waals surface area contributed by atoms with Crippen LogP contribution in [0.1, 0.15) is 19.7 Å². The van der Waals surface area contributed by atoms with Crippen LogP contribution in [0.15, 0.2) is 30.3 Å². The fourth-order valence-corrected chi connectivity index (χ4v) is 1.76. The molecule has 0 aliphatic rings. The first kappa shape index (κ1) is 12.2. The first-order chi connectivity index (χ1) is 8.12. The second-order valence-electron chi connectivity index (χ2n) is 4.82. The van der Waals surface area contributed by atoms with Gasteiger partial charge in [0, 0.05) is 11.8 Å². The van der Waals surface area contributed by atoms with Gasteiger partial charge in [0.25, 0.3) is 0 Å².